The van der Waals surface area contributed by atoms with E-state index in [9.17, 15) is 4.79 Å². The smallest absolute Gasteiger partial charge is 0.349 e. The van der Waals surface area contributed by atoms with E-state index in [1.54, 1.807) is 13.0 Å². The second kappa shape index (κ2) is 4.18. The van der Waals surface area contributed by atoms with E-state index in [0.717, 1.165) is 13.0 Å². The monoisotopic (exact) mass is 219 g/mol. The van der Waals surface area contributed by atoms with Gasteiger partial charge >= 0.3 is 5.69 Å². The number of anilines is 1. The molecule has 0 unspecified atom stereocenters. The fourth-order valence-corrected chi connectivity index (χ4v) is 1.49. The molecule has 2 aromatic heterocycles. The fraction of sp³-hybridized carbons (Fsp3) is 0.300. The van der Waals surface area contributed by atoms with Gasteiger partial charge in [-0.05, 0) is 13.3 Å². The number of nitrogens with zero attached hydrogens (tertiary/aromatic N) is 3. The van der Waals surface area contributed by atoms with Gasteiger partial charge in [0.15, 0.2) is 5.65 Å². The molecule has 6 nitrogen and oxygen atoms in total. The number of H-pyrrole nitrogens is 1. The van der Waals surface area contributed by atoms with Crippen LogP contribution in [0.1, 0.15) is 12.2 Å². The van der Waals surface area contributed by atoms with Gasteiger partial charge in [-0.2, -0.15) is 5.10 Å². The van der Waals surface area contributed by atoms with E-state index in [0.29, 0.717) is 17.3 Å². The van der Waals surface area contributed by atoms with Crippen molar-refractivity contribution in [3.63, 3.8) is 0 Å². The lowest BCUT2D eigenvalue weighted by atomic mass is 10.4. The molecule has 0 bridgehead atoms. The van der Waals surface area contributed by atoms with Crippen molar-refractivity contribution >= 4 is 11.5 Å². The number of hydrogen-bond acceptors (Lipinski definition) is 4. The zero-order valence-corrected chi connectivity index (χ0v) is 9.03. The van der Waals surface area contributed by atoms with E-state index in [2.05, 4.69) is 27.1 Å². The molecule has 0 aliphatic carbocycles. The van der Waals surface area contributed by atoms with Gasteiger partial charge in [0.05, 0.1) is 0 Å². The fourth-order valence-electron chi connectivity index (χ4n) is 1.49. The topological polar surface area (TPSA) is 75.1 Å². The van der Waals surface area contributed by atoms with Gasteiger partial charge in [0.1, 0.15) is 11.6 Å². The average Bonchev–Trinajstić information content (AvgIpc) is 2.61. The molecule has 84 valence electrons. The first-order valence-corrected chi connectivity index (χ1v) is 5.02. The normalized spacial score (nSPS) is 10.6. The number of fused-ring (bicyclic) bond motifs is 1. The molecule has 2 aromatic rings. The number of aryl methyl sites for hydroxylation is 1. The lowest BCUT2D eigenvalue weighted by molar-refractivity contribution is 0.929. The van der Waals surface area contributed by atoms with Gasteiger partial charge in [-0.3, -0.25) is 0 Å². The summed E-state index contributed by atoms with van der Waals surface area (Å²) in [7, 11) is 0. The Morgan fingerprint density at radius 3 is 3.25 bits per heavy atom. The average molecular weight is 219 g/mol. The van der Waals surface area contributed by atoms with Crippen LogP contribution in [0.25, 0.3) is 5.65 Å². The van der Waals surface area contributed by atoms with E-state index >= 15 is 0 Å². The molecule has 0 aliphatic rings. The van der Waals surface area contributed by atoms with E-state index in [1.165, 1.54) is 4.40 Å². The van der Waals surface area contributed by atoms with Crippen LogP contribution in [-0.2, 0) is 0 Å². The molecular formula is C10H13N5O. The summed E-state index contributed by atoms with van der Waals surface area (Å²) >= 11 is 0. The number of rotatable bonds is 4. The third-order valence-electron chi connectivity index (χ3n) is 2.22. The zero-order valence-electron chi connectivity index (χ0n) is 9.03. The Morgan fingerprint density at radius 2 is 2.50 bits per heavy atom. The van der Waals surface area contributed by atoms with Gasteiger partial charge in [0.2, 0.25) is 0 Å². The SMILES string of the molecule is C=CCCNc1cc2n[nH]c(=O)n2c(C)n1. The second-order valence-electron chi connectivity index (χ2n) is 3.42. The Balaban J connectivity index is 2.35. The summed E-state index contributed by atoms with van der Waals surface area (Å²) in [4.78, 5) is 15.6. The summed E-state index contributed by atoms with van der Waals surface area (Å²) < 4.78 is 1.43. The van der Waals surface area contributed by atoms with Crippen LogP contribution < -0.4 is 11.0 Å². The Labute approximate surface area is 92.0 Å². The lowest BCUT2D eigenvalue weighted by Gasteiger charge is -2.05. The first kappa shape index (κ1) is 10.4. The molecule has 0 amide bonds. The molecule has 2 rings (SSSR count). The van der Waals surface area contributed by atoms with Crippen molar-refractivity contribution in [2.75, 3.05) is 11.9 Å². The van der Waals surface area contributed by atoms with Gasteiger partial charge in [0, 0.05) is 12.6 Å². The molecule has 0 aliphatic heterocycles. The molecule has 6 heteroatoms. The highest BCUT2D eigenvalue weighted by molar-refractivity contribution is 5.49. The predicted molar refractivity (Wildman–Crippen MR) is 61.6 cm³/mol. The number of aromatic nitrogens is 4. The van der Waals surface area contributed by atoms with Crippen molar-refractivity contribution in [2.24, 2.45) is 0 Å². The number of hydrogen-bond donors (Lipinski definition) is 2. The molecule has 0 fully saturated rings. The maximum Gasteiger partial charge on any atom is 0.349 e. The standard InChI is InChI=1S/C10H13N5O/c1-3-4-5-11-8-6-9-13-14-10(16)15(9)7(2)12-8/h3,6,11H,1,4-5H2,2H3,(H,14,16). The highest BCUT2D eigenvalue weighted by Crippen LogP contribution is 2.07. The van der Waals surface area contributed by atoms with Gasteiger partial charge in [-0.25, -0.2) is 19.3 Å². The Kier molecular flexibility index (Phi) is 2.72. The molecule has 2 N–H and O–H groups in total. The van der Waals surface area contributed by atoms with Crippen molar-refractivity contribution in [3.05, 3.63) is 35.0 Å². The van der Waals surface area contributed by atoms with Crippen molar-refractivity contribution in [2.45, 2.75) is 13.3 Å². The first-order valence-electron chi connectivity index (χ1n) is 5.02. The minimum absolute atomic E-state index is 0.266. The third-order valence-corrected chi connectivity index (χ3v) is 2.22. The van der Waals surface area contributed by atoms with Gasteiger partial charge < -0.3 is 5.32 Å². The Bertz CT molecular complexity index is 568. The van der Waals surface area contributed by atoms with Crippen LogP contribution in [0.3, 0.4) is 0 Å². The summed E-state index contributed by atoms with van der Waals surface area (Å²) in [6.07, 6.45) is 2.69. The van der Waals surface area contributed by atoms with Crippen LogP contribution in [0.2, 0.25) is 0 Å². The van der Waals surface area contributed by atoms with Crippen LogP contribution >= 0.6 is 0 Å². The Morgan fingerprint density at radius 1 is 1.69 bits per heavy atom. The zero-order chi connectivity index (χ0) is 11.5. The third kappa shape index (κ3) is 1.81. The molecule has 0 aromatic carbocycles. The summed E-state index contributed by atoms with van der Waals surface area (Å²) in [5, 5.41) is 9.41. The highest BCUT2D eigenvalue weighted by atomic mass is 16.1. The van der Waals surface area contributed by atoms with E-state index in [1.807, 2.05) is 6.08 Å². The van der Waals surface area contributed by atoms with Gasteiger partial charge in [0.25, 0.3) is 0 Å². The minimum atomic E-state index is -0.266. The lowest BCUT2D eigenvalue weighted by Crippen LogP contribution is -2.14. The molecule has 0 saturated carbocycles. The van der Waals surface area contributed by atoms with Gasteiger partial charge in [-0.15, -0.1) is 6.58 Å². The summed E-state index contributed by atoms with van der Waals surface area (Å²) in [5.41, 5.74) is 0.302. The van der Waals surface area contributed by atoms with Crippen LogP contribution in [0.4, 0.5) is 5.82 Å². The van der Waals surface area contributed by atoms with Crippen LogP contribution in [-0.4, -0.2) is 26.1 Å². The minimum Gasteiger partial charge on any atom is -0.370 e. The molecular weight excluding hydrogens is 206 g/mol. The molecule has 0 radical (unpaired) electrons. The summed E-state index contributed by atoms with van der Waals surface area (Å²) in [6.45, 7) is 6.17. The van der Waals surface area contributed by atoms with Crippen molar-refractivity contribution < 1.29 is 0 Å². The molecule has 16 heavy (non-hydrogen) atoms. The quantitative estimate of drug-likeness (QED) is 0.586. The van der Waals surface area contributed by atoms with Crippen LogP contribution in [0, 0.1) is 6.92 Å². The summed E-state index contributed by atoms with van der Waals surface area (Å²) in [5.74, 6) is 1.32. The van der Waals surface area contributed by atoms with E-state index in [4.69, 9.17) is 0 Å². The van der Waals surface area contributed by atoms with E-state index < -0.39 is 0 Å². The predicted octanol–water partition coefficient (Wildman–Crippen LogP) is 0.714. The van der Waals surface area contributed by atoms with Crippen molar-refractivity contribution in [1.29, 1.82) is 0 Å². The summed E-state index contributed by atoms with van der Waals surface area (Å²) in [6, 6.07) is 1.73. The van der Waals surface area contributed by atoms with Crippen molar-refractivity contribution in [3.8, 4) is 0 Å². The number of nitrogens with one attached hydrogen (secondary N) is 2. The maximum absolute atomic E-state index is 11.3. The molecule has 0 saturated heterocycles. The van der Waals surface area contributed by atoms with Crippen molar-refractivity contribution in [1.82, 2.24) is 19.6 Å². The maximum atomic E-state index is 11.3. The van der Waals surface area contributed by atoms with Crippen LogP contribution in [0.15, 0.2) is 23.5 Å². The van der Waals surface area contributed by atoms with E-state index in [-0.39, 0.29) is 5.69 Å². The molecule has 2 heterocycles. The highest BCUT2D eigenvalue weighted by Gasteiger charge is 2.05. The number of aromatic amines is 1. The van der Waals surface area contributed by atoms with Crippen LogP contribution in [0.5, 0.6) is 0 Å². The largest absolute Gasteiger partial charge is 0.370 e. The second-order valence-corrected chi connectivity index (χ2v) is 3.42. The molecule has 0 spiro atoms. The van der Waals surface area contributed by atoms with Gasteiger partial charge in [-0.1, -0.05) is 6.08 Å². The molecule has 0 atom stereocenters. The first-order chi connectivity index (χ1) is 7.72. The Hall–Kier alpha value is -2.11.